The normalized spacial score (nSPS) is 23.0. The molecule has 2 atom stereocenters. The first-order valence-corrected chi connectivity index (χ1v) is 6.33. The third-order valence-electron chi connectivity index (χ3n) is 3.34. The highest BCUT2D eigenvalue weighted by atomic mass is 16.5. The Morgan fingerprint density at radius 1 is 1.44 bits per heavy atom. The highest BCUT2D eigenvalue weighted by Crippen LogP contribution is 2.19. The van der Waals surface area contributed by atoms with E-state index in [9.17, 15) is 4.79 Å². The van der Waals surface area contributed by atoms with Crippen LogP contribution in [-0.4, -0.2) is 43.7 Å². The summed E-state index contributed by atoms with van der Waals surface area (Å²) in [6.07, 6.45) is 1.07. The Labute approximate surface area is 108 Å². The molecule has 2 unspecified atom stereocenters. The van der Waals surface area contributed by atoms with E-state index < -0.39 is 0 Å². The molecule has 0 aliphatic carbocycles. The molecule has 1 saturated heterocycles. The lowest BCUT2D eigenvalue weighted by atomic mass is 10.1. The van der Waals surface area contributed by atoms with Crippen LogP contribution in [0.25, 0.3) is 0 Å². The second-order valence-electron chi connectivity index (χ2n) is 4.84. The smallest absolute Gasteiger partial charge is 0.253 e. The van der Waals surface area contributed by atoms with E-state index in [-0.39, 0.29) is 12.0 Å². The molecule has 98 valence electrons. The number of rotatable bonds is 4. The Morgan fingerprint density at radius 3 is 2.78 bits per heavy atom. The monoisotopic (exact) mass is 248 g/mol. The van der Waals surface area contributed by atoms with Crippen molar-refractivity contribution in [3.8, 4) is 0 Å². The van der Waals surface area contributed by atoms with Crippen LogP contribution in [0.1, 0.15) is 16.8 Å². The molecule has 2 N–H and O–H groups in total. The largest absolute Gasteiger partial charge is 0.376 e. The average molecular weight is 248 g/mol. The summed E-state index contributed by atoms with van der Waals surface area (Å²) in [7, 11) is 1.81. The third kappa shape index (κ3) is 3.09. The minimum Gasteiger partial charge on any atom is -0.376 e. The molecule has 4 heteroatoms. The van der Waals surface area contributed by atoms with Gasteiger partial charge in [0.25, 0.3) is 5.91 Å². The first-order chi connectivity index (χ1) is 8.70. The van der Waals surface area contributed by atoms with Gasteiger partial charge in [-0.2, -0.15) is 0 Å². The fourth-order valence-corrected chi connectivity index (χ4v) is 2.26. The number of carbonyl (C=O) groups is 1. The molecule has 4 nitrogen and oxygen atoms in total. The van der Waals surface area contributed by atoms with Gasteiger partial charge in [-0.15, -0.1) is 0 Å². The summed E-state index contributed by atoms with van der Waals surface area (Å²) in [5, 5.41) is 0. The zero-order chi connectivity index (χ0) is 13.0. The Kier molecular flexibility index (Phi) is 4.33. The van der Waals surface area contributed by atoms with E-state index in [1.165, 1.54) is 0 Å². The highest BCUT2D eigenvalue weighted by molar-refractivity contribution is 5.93. The lowest BCUT2D eigenvalue weighted by Crippen LogP contribution is -2.34. The molecule has 0 spiro atoms. The molecular weight excluding hydrogens is 228 g/mol. The zero-order valence-electron chi connectivity index (χ0n) is 10.7. The number of hydrogen-bond acceptors (Lipinski definition) is 3. The maximum Gasteiger partial charge on any atom is 0.253 e. The van der Waals surface area contributed by atoms with Crippen molar-refractivity contribution in [1.82, 2.24) is 4.90 Å². The predicted octanol–water partition coefficient (Wildman–Crippen LogP) is 1.12. The first-order valence-electron chi connectivity index (χ1n) is 6.33. The van der Waals surface area contributed by atoms with Crippen molar-refractivity contribution in [2.75, 3.05) is 26.7 Å². The molecule has 1 heterocycles. The number of nitrogens with two attached hydrogens (primary N) is 1. The topological polar surface area (TPSA) is 55.6 Å². The van der Waals surface area contributed by atoms with Gasteiger partial charge in [-0.05, 0) is 31.0 Å². The van der Waals surface area contributed by atoms with Gasteiger partial charge < -0.3 is 15.4 Å². The molecular formula is C14H20N2O2. The van der Waals surface area contributed by atoms with Gasteiger partial charge in [-0.25, -0.2) is 0 Å². The summed E-state index contributed by atoms with van der Waals surface area (Å²) in [5.74, 6) is 0.477. The van der Waals surface area contributed by atoms with Gasteiger partial charge in [0.05, 0.1) is 12.7 Å². The Hall–Kier alpha value is -1.39. The molecule has 0 radical (unpaired) electrons. The number of amides is 1. The SMILES string of the molecule is CN(CC1CC(CN)CO1)C(=O)c1ccccc1. The molecule has 0 saturated carbocycles. The molecule has 2 rings (SSSR count). The quantitative estimate of drug-likeness (QED) is 0.868. The summed E-state index contributed by atoms with van der Waals surface area (Å²) in [4.78, 5) is 13.9. The van der Waals surface area contributed by atoms with Crippen LogP contribution >= 0.6 is 0 Å². The molecule has 18 heavy (non-hydrogen) atoms. The summed E-state index contributed by atoms with van der Waals surface area (Å²) in [5.41, 5.74) is 6.33. The van der Waals surface area contributed by atoms with E-state index in [2.05, 4.69) is 0 Å². The van der Waals surface area contributed by atoms with Gasteiger partial charge in [0.15, 0.2) is 0 Å². The average Bonchev–Trinajstić information content (AvgIpc) is 2.86. The van der Waals surface area contributed by atoms with Crippen LogP contribution in [-0.2, 0) is 4.74 Å². The molecule has 1 aromatic rings. The van der Waals surface area contributed by atoms with Crippen molar-refractivity contribution in [2.24, 2.45) is 11.7 Å². The Bertz CT molecular complexity index is 394. The second-order valence-corrected chi connectivity index (χ2v) is 4.84. The molecule has 1 aromatic carbocycles. The highest BCUT2D eigenvalue weighted by Gasteiger charge is 2.26. The van der Waals surface area contributed by atoms with Crippen LogP contribution in [0.5, 0.6) is 0 Å². The lowest BCUT2D eigenvalue weighted by Gasteiger charge is -2.21. The van der Waals surface area contributed by atoms with Crippen molar-refractivity contribution >= 4 is 5.91 Å². The van der Waals surface area contributed by atoms with E-state index in [0.717, 1.165) is 6.42 Å². The fourth-order valence-electron chi connectivity index (χ4n) is 2.26. The van der Waals surface area contributed by atoms with Gasteiger partial charge in [-0.1, -0.05) is 18.2 Å². The molecule has 1 aliphatic heterocycles. The summed E-state index contributed by atoms with van der Waals surface area (Å²) < 4.78 is 5.64. The lowest BCUT2D eigenvalue weighted by molar-refractivity contribution is 0.0580. The van der Waals surface area contributed by atoms with Crippen LogP contribution in [0.3, 0.4) is 0 Å². The minimum atomic E-state index is 0.0374. The van der Waals surface area contributed by atoms with Crippen molar-refractivity contribution < 1.29 is 9.53 Å². The number of ether oxygens (including phenoxy) is 1. The summed E-state index contributed by atoms with van der Waals surface area (Å²) in [6.45, 7) is 2.01. The maximum absolute atomic E-state index is 12.1. The molecule has 0 bridgehead atoms. The third-order valence-corrected chi connectivity index (χ3v) is 3.34. The Balaban J connectivity index is 1.89. The van der Waals surface area contributed by atoms with Crippen LogP contribution in [0.15, 0.2) is 30.3 Å². The second kappa shape index (κ2) is 5.98. The van der Waals surface area contributed by atoms with Gasteiger partial charge in [0.1, 0.15) is 0 Å². The van der Waals surface area contributed by atoms with Crippen molar-refractivity contribution in [3.05, 3.63) is 35.9 Å². The van der Waals surface area contributed by atoms with Crippen molar-refractivity contribution in [1.29, 1.82) is 0 Å². The predicted molar refractivity (Wildman–Crippen MR) is 70.3 cm³/mol. The van der Waals surface area contributed by atoms with Gasteiger partial charge in [0.2, 0.25) is 0 Å². The maximum atomic E-state index is 12.1. The zero-order valence-corrected chi connectivity index (χ0v) is 10.7. The van der Waals surface area contributed by atoms with E-state index in [0.29, 0.717) is 31.2 Å². The molecule has 1 fully saturated rings. The number of nitrogens with zero attached hydrogens (tertiary/aromatic N) is 1. The Morgan fingerprint density at radius 2 is 2.17 bits per heavy atom. The first kappa shape index (κ1) is 13.1. The molecule has 1 amide bonds. The van der Waals surface area contributed by atoms with Gasteiger partial charge in [0, 0.05) is 19.2 Å². The van der Waals surface area contributed by atoms with Crippen LogP contribution in [0.2, 0.25) is 0 Å². The standard InChI is InChI=1S/C14H20N2O2/c1-16(9-13-7-11(8-15)10-18-13)14(17)12-5-3-2-4-6-12/h2-6,11,13H,7-10,15H2,1H3. The minimum absolute atomic E-state index is 0.0374. The van der Waals surface area contributed by atoms with Gasteiger partial charge >= 0.3 is 0 Å². The van der Waals surface area contributed by atoms with Crippen LogP contribution in [0.4, 0.5) is 0 Å². The fraction of sp³-hybridized carbons (Fsp3) is 0.500. The summed E-state index contributed by atoms with van der Waals surface area (Å²) in [6, 6.07) is 9.31. The van der Waals surface area contributed by atoms with E-state index in [1.54, 1.807) is 4.90 Å². The molecule has 0 aromatic heterocycles. The van der Waals surface area contributed by atoms with E-state index in [4.69, 9.17) is 10.5 Å². The number of carbonyl (C=O) groups excluding carboxylic acids is 1. The summed E-state index contributed by atoms with van der Waals surface area (Å²) >= 11 is 0. The van der Waals surface area contributed by atoms with E-state index in [1.807, 2.05) is 37.4 Å². The number of benzene rings is 1. The van der Waals surface area contributed by atoms with E-state index >= 15 is 0 Å². The number of likely N-dealkylation sites (N-methyl/N-ethyl adjacent to an activating group) is 1. The van der Waals surface area contributed by atoms with Crippen molar-refractivity contribution in [3.63, 3.8) is 0 Å². The molecule has 1 aliphatic rings. The van der Waals surface area contributed by atoms with Crippen LogP contribution in [0, 0.1) is 5.92 Å². The number of hydrogen-bond donors (Lipinski definition) is 1. The van der Waals surface area contributed by atoms with Crippen LogP contribution < -0.4 is 5.73 Å². The van der Waals surface area contributed by atoms with Gasteiger partial charge in [-0.3, -0.25) is 4.79 Å². The van der Waals surface area contributed by atoms with Crippen molar-refractivity contribution in [2.45, 2.75) is 12.5 Å².